The molecule has 1 aliphatic rings. The Kier molecular flexibility index (Phi) is 6.16. The third-order valence-electron chi connectivity index (χ3n) is 4.47. The zero-order valence-electron chi connectivity index (χ0n) is 15.8. The highest BCUT2D eigenvalue weighted by molar-refractivity contribution is 5.98. The molecule has 1 atom stereocenters. The molecule has 2 aromatic rings. The number of carbonyl (C=O) groups is 2. The summed E-state index contributed by atoms with van der Waals surface area (Å²) in [7, 11) is 2.50. The summed E-state index contributed by atoms with van der Waals surface area (Å²) in [5.41, 5.74) is 3.96. The second-order valence-electron chi connectivity index (χ2n) is 6.28. The summed E-state index contributed by atoms with van der Waals surface area (Å²) in [6.07, 6.45) is 1.99. The standard InChI is InChI=1S/C21H23N3O4/c1-27-20(25)13-19(21(26)28-2)23-15-9-7-14(8-10-15)16-11-12-22-17-5-3-4-6-18(17)24-16/h3-10,13,16,22-24H,11-12H2,1-2H3/b19-13+. The number of benzene rings is 2. The van der Waals surface area contributed by atoms with E-state index in [1.807, 2.05) is 36.4 Å². The van der Waals surface area contributed by atoms with Crippen molar-refractivity contribution in [1.82, 2.24) is 0 Å². The minimum Gasteiger partial charge on any atom is -0.466 e. The Morgan fingerprint density at radius 1 is 1.04 bits per heavy atom. The summed E-state index contributed by atoms with van der Waals surface area (Å²) in [5, 5.41) is 9.90. The number of anilines is 3. The Hall–Kier alpha value is -3.48. The molecule has 0 fully saturated rings. The molecule has 0 saturated carbocycles. The lowest BCUT2D eigenvalue weighted by Crippen LogP contribution is -2.15. The van der Waals surface area contributed by atoms with Crippen LogP contribution in [0.25, 0.3) is 0 Å². The number of methoxy groups -OCH3 is 2. The van der Waals surface area contributed by atoms with E-state index in [1.165, 1.54) is 14.2 Å². The Balaban J connectivity index is 1.75. The van der Waals surface area contributed by atoms with Gasteiger partial charge in [-0.15, -0.1) is 0 Å². The number of nitrogens with one attached hydrogen (secondary N) is 3. The molecule has 0 aromatic heterocycles. The predicted molar refractivity (Wildman–Crippen MR) is 108 cm³/mol. The zero-order valence-corrected chi connectivity index (χ0v) is 15.8. The van der Waals surface area contributed by atoms with Crippen LogP contribution in [0.15, 0.2) is 60.3 Å². The number of esters is 2. The molecule has 0 radical (unpaired) electrons. The van der Waals surface area contributed by atoms with Gasteiger partial charge in [-0.25, -0.2) is 9.59 Å². The van der Waals surface area contributed by atoms with E-state index in [0.717, 1.165) is 36.0 Å². The molecule has 146 valence electrons. The lowest BCUT2D eigenvalue weighted by atomic mass is 10.0. The van der Waals surface area contributed by atoms with Crippen LogP contribution in [0.1, 0.15) is 18.0 Å². The van der Waals surface area contributed by atoms with E-state index in [4.69, 9.17) is 4.74 Å². The van der Waals surface area contributed by atoms with Crippen LogP contribution in [0.3, 0.4) is 0 Å². The number of hydrogen-bond donors (Lipinski definition) is 3. The van der Waals surface area contributed by atoms with Crippen molar-refractivity contribution in [2.75, 3.05) is 36.7 Å². The van der Waals surface area contributed by atoms with Crippen molar-refractivity contribution in [3.05, 3.63) is 65.9 Å². The van der Waals surface area contributed by atoms with Crippen LogP contribution < -0.4 is 16.0 Å². The summed E-state index contributed by atoms with van der Waals surface area (Å²) in [6, 6.07) is 16.0. The minimum absolute atomic E-state index is 0.00724. The van der Waals surface area contributed by atoms with Crippen LogP contribution in [0, 0.1) is 0 Å². The molecule has 1 aliphatic heterocycles. The fourth-order valence-electron chi connectivity index (χ4n) is 3.01. The van der Waals surface area contributed by atoms with Gasteiger partial charge >= 0.3 is 11.9 Å². The van der Waals surface area contributed by atoms with E-state index in [0.29, 0.717) is 5.69 Å². The van der Waals surface area contributed by atoms with Crippen LogP contribution >= 0.6 is 0 Å². The number of rotatable bonds is 5. The van der Waals surface area contributed by atoms with Gasteiger partial charge < -0.3 is 25.4 Å². The Morgan fingerprint density at radius 3 is 2.43 bits per heavy atom. The molecule has 3 rings (SSSR count). The molecule has 7 heteroatoms. The van der Waals surface area contributed by atoms with Gasteiger partial charge in [-0.2, -0.15) is 0 Å². The van der Waals surface area contributed by atoms with Gasteiger partial charge in [-0.05, 0) is 36.2 Å². The topological polar surface area (TPSA) is 88.7 Å². The van der Waals surface area contributed by atoms with Crippen molar-refractivity contribution in [2.45, 2.75) is 12.5 Å². The third kappa shape index (κ3) is 4.62. The minimum atomic E-state index is -0.650. The van der Waals surface area contributed by atoms with E-state index >= 15 is 0 Å². The molecule has 0 saturated heterocycles. The second-order valence-corrected chi connectivity index (χ2v) is 6.28. The Morgan fingerprint density at radius 2 is 1.75 bits per heavy atom. The molecular weight excluding hydrogens is 358 g/mol. The van der Waals surface area contributed by atoms with Crippen molar-refractivity contribution in [3.8, 4) is 0 Å². The van der Waals surface area contributed by atoms with Gasteiger partial charge in [0.15, 0.2) is 0 Å². The van der Waals surface area contributed by atoms with Gasteiger partial charge in [-0.3, -0.25) is 0 Å². The first kappa shape index (κ1) is 19.3. The highest BCUT2D eigenvalue weighted by Crippen LogP contribution is 2.31. The summed E-state index contributed by atoms with van der Waals surface area (Å²) in [5.74, 6) is -1.29. The molecule has 3 N–H and O–H groups in total. The van der Waals surface area contributed by atoms with Gasteiger partial charge in [0, 0.05) is 12.2 Å². The van der Waals surface area contributed by atoms with Crippen LogP contribution in [-0.4, -0.2) is 32.7 Å². The smallest absolute Gasteiger partial charge is 0.354 e. The van der Waals surface area contributed by atoms with E-state index in [2.05, 4.69) is 32.8 Å². The van der Waals surface area contributed by atoms with E-state index in [1.54, 1.807) is 0 Å². The first-order chi connectivity index (χ1) is 13.6. The van der Waals surface area contributed by atoms with Crippen LogP contribution in [-0.2, 0) is 19.1 Å². The molecule has 2 aromatic carbocycles. The fraction of sp³-hybridized carbons (Fsp3) is 0.238. The summed E-state index contributed by atoms with van der Waals surface area (Å²) >= 11 is 0. The Bertz CT molecular complexity index is 877. The number of fused-ring (bicyclic) bond motifs is 1. The van der Waals surface area contributed by atoms with Crippen LogP contribution in [0.4, 0.5) is 17.1 Å². The molecular formula is C21H23N3O4. The molecule has 7 nitrogen and oxygen atoms in total. The molecule has 0 bridgehead atoms. The lowest BCUT2D eigenvalue weighted by molar-refractivity contribution is -0.138. The monoisotopic (exact) mass is 381 g/mol. The zero-order chi connectivity index (χ0) is 19.9. The second kappa shape index (κ2) is 8.94. The predicted octanol–water partition coefficient (Wildman–Crippen LogP) is 3.30. The number of hydrogen-bond acceptors (Lipinski definition) is 7. The quantitative estimate of drug-likeness (QED) is 0.541. The SMILES string of the molecule is COC(=O)/C=C(/Nc1ccc(C2CCNc3ccccc3N2)cc1)C(=O)OC. The molecule has 1 unspecified atom stereocenters. The molecule has 0 aliphatic carbocycles. The van der Waals surface area contributed by atoms with Crippen molar-refractivity contribution < 1.29 is 19.1 Å². The maximum absolute atomic E-state index is 11.9. The number of para-hydroxylation sites is 2. The molecule has 28 heavy (non-hydrogen) atoms. The van der Waals surface area contributed by atoms with Gasteiger partial charge in [0.25, 0.3) is 0 Å². The highest BCUT2D eigenvalue weighted by Gasteiger charge is 2.17. The number of ether oxygens (including phenoxy) is 2. The van der Waals surface area contributed by atoms with Gasteiger partial charge in [0.05, 0.1) is 37.7 Å². The number of carbonyl (C=O) groups excluding carboxylic acids is 2. The average Bonchev–Trinajstić information content (AvgIpc) is 2.95. The van der Waals surface area contributed by atoms with Crippen molar-refractivity contribution in [3.63, 3.8) is 0 Å². The summed E-state index contributed by atoms with van der Waals surface area (Å²) in [4.78, 5) is 23.3. The maximum Gasteiger partial charge on any atom is 0.354 e. The van der Waals surface area contributed by atoms with Gasteiger partial charge in [-0.1, -0.05) is 24.3 Å². The highest BCUT2D eigenvalue weighted by atomic mass is 16.5. The summed E-state index contributed by atoms with van der Waals surface area (Å²) in [6.45, 7) is 0.864. The first-order valence-corrected chi connectivity index (χ1v) is 8.95. The Labute approximate surface area is 163 Å². The van der Waals surface area contributed by atoms with Crippen molar-refractivity contribution >= 4 is 29.0 Å². The van der Waals surface area contributed by atoms with Gasteiger partial charge in [0.2, 0.25) is 0 Å². The summed E-state index contributed by atoms with van der Waals surface area (Å²) < 4.78 is 9.28. The maximum atomic E-state index is 11.9. The fourth-order valence-corrected chi connectivity index (χ4v) is 3.01. The van der Waals surface area contributed by atoms with E-state index in [9.17, 15) is 9.59 Å². The largest absolute Gasteiger partial charge is 0.466 e. The normalized spacial score (nSPS) is 15.9. The average molecular weight is 381 g/mol. The van der Waals surface area contributed by atoms with Crippen LogP contribution in [0.2, 0.25) is 0 Å². The molecule has 0 spiro atoms. The van der Waals surface area contributed by atoms with Crippen LogP contribution in [0.5, 0.6) is 0 Å². The van der Waals surface area contributed by atoms with Gasteiger partial charge in [0.1, 0.15) is 5.70 Å². The van der Waals surface area contributed by atoms with E-state index in [-0.39, 0.29) is 11.7 Å². The molecule has 0 amide bonds. The van der Waals surface area contributed by atoms with Crippen molar-refractivity contribution in [2.24, 2.45) is 0 Å². The third-order valence-corrected chi connectivity index (χ3v) is 4.47. The lowest BCUT2D eigenvalue weighted by Gasteiger charge is -2.18. The van der Waals surface area contributed by atoms with Crippen molar-refractivity contribution in [1.29, 1.82) is 0 Å². The first-order valence-electron chi connectivity index (χ1n) is 8.95. The van der Waals surface area contributed by atoms with E-state index < -0.39 is 11.9 Å². The molecule has 1 heterocycles.